The first-order valence-electron chi connectivity index (χ1n) is 8.17. The van der Waals surface area contributed by atoms with E-state index in [1.807, 2.05) is 50.4 Å². The van der Waals surface area contributed by atoms with Gasteiger partial charge in [-0.15, -0.1) is 0 Å². The third-order valence-corrected chi connectivity index (χ3v) is 4.71. The molecule has 1 fully saturated rings. The van der Waals surface area contributed by atoms with Crippen LogP contribution >= 0.6 is 0 Å². The molecule has 6 nitrogen and oxygen atoms in total. The van der Waals surface area contributed by atoms with Crippen molar-refractivity contribution in [2.45, 2.75) is 38.8 Å². The van der Waals surface area contributed by atoms with Gasteiger partial charge in [0.1, 0.15) is 0 Å². The standard InChI is InChI=1S/C18H21N3O3/c1-3-12(2)21-16(22)9-15(18(23)24)17(21)13-10-19-20(11-13)14-7-5-4-6-8-14/h4-8,10-12,15,17H,3,9H2,1-2H3,(H,23,24)/t12-,15+,17-/m0/s1. The fourth-order valence-corrected chi connectivity index (χ4v) is 3.30. The van der Waals surface area contributed by atoms with Gasteiger partial charge in [0.25, 0.3) is 0 Å². The van der Waals surface area contributed by atoms with Crippen LogP contribution in [-0.4, -0.2) is 37.7 Å². The number of carboxylic acids is 1. The van der Waals surface area contributed by atoms with Gasteiger partial charge in [0, 0.05) is 24.2 Å². The molecule has 0 radical (unpaired) electrons. The highest BCUT2D eigenvalue weighted by molar-refractivity contribution is 5.87. The Morgan fingerprint density at radius 2 is 2.08 bits per heavy atom. The summed E-state index contributed by atoms with van der Waals surface area (Å²) < 4.78 is 1.71. The second-order valence-electron chi connectivity index (χ2n) is 6.21. The highest BCUT2D eigenvalue weighted by Crippen LogP contribution is 2.40. The molecule has 0 aliphatic carbocycles. The molecule has 1 saturated heterocycles. The zero-order valence-corrected chi connectivity index (χ0v) is 13.8. The summed E-state index contributed by atoms with van der Waals surface area (Å²) in [6.07, 6.45) is 4.31. The van der Waals surface area contributed by atoms with E-state index in [-0.39, 0.29) is 18.4 Å². The van der Waals surface area contributed by atoms with Crippen molar-refractivity contribution in [3.8, 4) is 5.69 Å². The summed E-state index contributed by atoms with van der Waals surface area (Å²) in [6, 6.07) is 9.14. The van der Waals surface area contributed by atoms with Crippen LogP contribution in [0.1, 0.15) is 38.3 Å². The Morgan fingerprint density at radius 3 is 2.71 bits per heavy atom. The van der Waals surface area contributed by atoms with Crippen LogP contribution in [0, 0.1) is 5.92 Å². The Morgan fingerprint density at radius 1 is 1.38 bits per heavy atom. The average Bonchev–Trinajstić information content (AvgIpc) is 3.19. The van der Waals surface area contributed by atoms with Crippen molar-refractivity contribution in [2.75, 3.05) is 0 Å². The molecule has 1 aromatic carbocycles. The average molecular weight is 327 g/mol. The first-order valence-corrected chi connectivity index (χ1v) is 8.17. The van der Waals surface area contributed by atoms with Crippen molar-refractivity contribution < 1.29 is 14.7 Å². The number of para-hydroxylation sites is 1. The third kappa shape index (κ3) is 2.79. The lowest BCUT2D eigenvalue weighted by Gasteiger charge is -2.31. The Labute approximate surface area is 140 Å². The van der Waals surface area contributed by atoms with Gasteiger partial charge >= 0.3 is 5.97 Å². The second kappa shape index (κ2) is 6.47. The minimum Gasteiger partial charge on any atom is -0.481 e. The van der Waals surface area contributed by atoms with E-state index in [9.17, 15) is 14.7 Å². The summed E-state index contributed by atoms with van der Waals surface area (Å²) in [7, 11) is 0. The van der Waals surface area contributed by atoms with Crippen molar-refractivity contribution in [3.05, 3.63) is 48.3 Å². The van der Waals surface area contributed by atoms with Gasteiger partial charge in [0.05, 0.1) is 23.8 Å². The quantitative estimate of drug-likeness (QED) is 0.916. The molecule has 1 amide bonds. The highest BCUT2D eigenvalue weighted by Gasteiger charge is 2.46. The maximum atomic E-state index is 12.4. The number of aliphatic carboxylic acids is 1. The zero-order chi connectivity index (χ0) is 17.3. The SMILES string of the molecule is CC[C@H](C)N1C(=O)C[C@@H](C(=O)O)[C@@H]1c1cnn(-c2ccccc2)c1. The predicted octanol–water partition coefficient (Wildman–Crippen LogP) is 2.65. The normalized spacial score (nSPS) is 21.9. The molecule has 0 unspecified atom stereocenters. The number of benzene rings is 1. The number of amides is 1. The topological polar surface area (TPSA) is 75.4 Å². The summed E-state index contributed by atoms with van der Waals surface area (Å²) in [6.45, 7) is 3.95. The molecule has 6 heteroatoms. The minimum absolute atomic E-state index is 0.00748. The fourth-order valence-electron chi connectivity index (χ4n) is 3.30. The lowest BCUT2D eigenvalue weighted by Crippen LogP contribution is -2.37. The molecular weight excluding hydrogens is 306 g/mol. The van der Waals surface area contributed by atoms with Crippen LogP contribution in [-0.2, 0) is 9.59 Å². The molecule has 1 N–H and O–H groups in total. The van der Waals surface area contributed by atoms with Crippen LogP contribution in [0.2, 0.25) is 0 Å². The lowest BCUT2D eigenvalue weighted by atomic mass is 9.95. The minimum atomic E-state index is -0.938. The van der Waals surface area contributed by atoms with Crippen LogP contribution in [0.4, 0.5) is 0 Å². The van der Waals surface area contributed by atoms with Gasteiger partial charge in [0.15, 0.2) is 0 Å². The number of aromatic nitrogens is 2. The van der Waals surface area contributed by atoms with Crippen LogP contribution < -0.4 is 0 Å². The molecule has 0 saturated carbocycles. The van der Waals surface area contributed by atoms with Crippen molar-refractivity contribution in [1.29, 1.82) is 0 Å². The van der Waals surface area contributed by atoms with E-state index >= 15 is 0 Å². The number of carbonyl (C=O) groups excluding carboxylic acids is 1. The number of carbonyl (C=O) groups is 2. The van der Waals surface area contributed by atoms with Gasteiger partial charge in [-0.1, -0.05) is 25.1 Å². The van der Waals surface area contributed by atoms with Gasteiger partial charge in [-0.25, -0.2) is 4.68 Å². The molecule has 2 heterocycles. The van der Waals surface area contributed by atoms with E-state index in [4.69, 9.17) is 0 Å². The number of carboxylic acid groups (broad SMARTS) is 1. The molecule has 24 heavy (non-hydrogen) atoms. The van der Waals surface area contributed by atoms with Crippen molar-refractivity contribution in [1.82, 2.24) is 14.7 Å². The van der Waals surface area contributed by atoms with Crippen LogP contribution in [0.25, 0.3) is 5.69 Å². The first-order chi connectivity index (χ1) is 11.5. The number of hydrogen-bond donors (Lipinski definition) is 1. The molecule has 1 aromatic heterocycles. The predicted molar refractivity (Wildman–Crippen MR) is 88.6 cm³/mol. The number of nitrogens with zero attached hydrogens (tertiary/aromatic N) is 3. The molecule has 3 atom stereocenters. The summed E-state index contributed by atoms with van der Waals surface area (Å²) in [5.74, 6) is -1.78. The van der Waals surface area contributed by atoms with Gasteiger partial charge < -0.3 is 10.0 Å². The molecular formula is C18H21N3O3. The van der Waals surface area contributed by atoms with E-state index in [1.54, 1.807) is 15.8 Å². The Bertz CT molecular complexity index is 741. The maximum Gasteiger partial charge on any atom is 0.309 e. The van der Waals surface area contributed by atoms with Gasteiger partial charge in [-0.05, 0) is 25.5 Å². The van der Waals surface area contributed by atoms with Crippen LogP contribution in [0.3, 0.4) is 0 Å². The van der Waals surface area contributed by atoms with E-state index in [1.165, 1.54) is 0 Å². The van der Waals surface area contributed by atoms with E-state index in [0.29, 0.717) is 0 Å². The number of hydrogen-bond acceptors (Lipinski definition) is 3. The van der Waals surface area contributed by atoms with Crippen molar-refractivity contribution in [2.24, 2.45) is 5.92 Å². The van der Waals surface area contributed by atoms with Gasteiger partial charge in [0.2, 0.25) is 5.91 Å². The molecule has 1 aliphatic rings. The van der Waals surface area contributed by atoms with E-state index in [2.05, 4.69) is 5.10 Å². The summed E-state index contributed by atoms with van der Waals surface area (Å²) >= 11 is 0. The summed E-state index contributed by atoms with van der Waals surface area (Å²) in [5.41, 5.74) is 1.66. The molecule has 0 bridgehead atoms. The molecule has 0 spiro atoms. The van der Waals surface area contributed by atoms with Gasteiger partial charge in [-0.3, -0.25) is 9.59 Å². The Balaban J connectivity index is 1.99. The fraction of sp³-hybridized carbons (Fsp3) is 0.389. The summed E-state index contributed by atoms with van der Waals surface area (Å²) in [4.78, 5) is 25.8. The Hall–Kier alpha value is -2.63. The largest absolute Gasteiger partial charge is 0.481 e. The second-order valence-corrected chi connectivity index (χ2v) is 6.21. The lowest BCUT2D eigenvalue weighted by molar-refractivity contribution is -0.142. The molecule has 2 aromatic rings. The van der Waals surface area contributed by atoms with Gasteiger partial charge in [-0.2, -0.15) is 5.10 Å². The van der Waals surface area contributed by atoms with E-state index in [0.717, 1.165) is 17.7 Å². The number of rotatable bonds is 5. The zero-order valence-electron chi connectivity index (χ0n) is 13.8. The maximum absolute atomic E-state index is 12.4. The smallest absolute Gasteiger partial charge is 0.309 e. The van der Waals surface area contributed by atoms with E-state index < -0.39 is 17.9 Å². The molecule has 1 aliphatic heterocycles. The van der Waals surface area contributed by atoms with Crippen molar-refractivity contribution in [3.63, 3.8) is 0 Å². The van der Waals surface area contributed by atoms with Crippen LogP contribution in [0.5, 0.6) is 0 Å². The van der Waals surface area contributed by atoms with Crippen molar-refractivity contribution >= 4 is 11.9 Å². The monoisotopic (exact) mass is 327 g/mol. The van der Waals surface area contributed by atoms with Crippen LogP contribution in [0.15, 0.2) is 42.7 Å². The highest BCUT2D eigenvalue weighted by atomic mass is 16.4. The number of likely N-dealkylation sites (tertiary alicyclic amines) is 1. The summed E-state index contributed by atoms with van der Waals surface area (Å²) in [5, 5.41) is 13.9. The Kier molecular flexibility index (Phi) is 4.38. The first kappa shape index (κ1) is 16.2. The molecule has 126 valence electrons. The molecule has 3 rings (SSSR count). The third-order valence-electron chi connectivity index (χ3n) is 4.71.